The van der Waals surface area contributed by atoms with E-state index in [4.69, 9.17) is 14.2 Å². The van der Waals surface area contributed by atoms with Gasteiger partial charge in [0, 0.05) is 19.3 Å². The lowest BCUT2D eigenvalue weighted by Gasteiger charge is -2.18. The van der Waals surface area contributed by atoms with Gasteiger partial charge >= 0.3 is 17.9 Å². The molecule has 0 bridgehead atoms. The zero-order chi connectivity index (χ0) is 54.3. The summed E-state index contributed by atoms with van der Waals surface area (Å²) in [6.07, 6.45) is 75.9. The van der Waals surface area contributed by atoms with Gasteiger partial charge in [-0.05, 0) is 19.3 Å². The summed E-state index contributed by atoms with van der Waals surface area (Å²) in [6, 6.07) is 0. The van der Waals surface area contributed by atoms with Crippen molar-refractivity contribution in [3.63, 3.8) is 0 Å². The summed E-state index contributed by atoms with van der Waals surface area (Å²) in [5.41, 5.74) is 0. The molecule has 0 saturated heterocycles. The topological polar surface area (TPSA) is 78.9 Å². The fourth-order valence-corrected chi connectivity index (χ4v) is 10.9. The molecule has 0 N–H and O–H groups in total. The second-order valence-electron chi connectivity index (χ2n) is 23.8. The largest absolute Gasteiger partial charge is 0.462 e. The van der Waals surface area contributed by atoms with Crippen molar-refractivity contribution < 1.29 is 28.6 Å². The predicted octanol–water partition coefficient (Wildman–Crippen LogP) is 23.5. The van der Waals surface area contributed by atoms with Gasteiger partial charge in [-0.25, -0.2) is 0 Å². The van der Waals surface area contributed by atoms with Crippen LogP contribution in [0.25, 0.3) is 0 Å². The van der Waals surface area contributed by atoms with E-state index in [1.54, 1.807) is 0 Å². The molecular formula is C69H134O6. The SMILES string of the molecule is CCCCCCCCCCCCCCCCCCCCCCCCCCCCCCCCCCCCC(=O)OCC(COC(=O)CCCCCCCCCCCC)OC(=O)CCCCCCCCCCCCCCC. The molecule has 446 valence electrons. The zero-order valence-corrected chi connectivity index (χ0v) is 51.4. The third-order valence-electron chi connectivity index (χ3n) is 16.1. The molecule has 0 spiro atoms. The molecule has 6 nitrogen and oxygen atoms in total. The van der Waals surface area contributed by atoms with Crippen LogP contribution in [0.4, 0.5) is 0 Å². The summed E-state index contributed by atoms with van der Waals surface area (Å²) < 4.78 is 16.9. The van der Waals surface area contributed by atoms with Crippen molar-refractivity contribution in [2.75, 3.05) is 13.2 Å². The second kappa shape index (κ2) is 64.9. The van der Waals surface area contributed by atoms with E-state index >= 15 is 0 Å². The van der Waals surface area contributed by atoms with Crippen LogP contribution >= 0.6 is 0 Å². The Bertz CT molecular complexity index is 1120. The number of carbonyl (C=O) groups excluding carboxylic acids is 3. The highest BCUT2D eigenvalue weighted by Gasteiger charge is 2.19. The van der Waals surface area contributed by atoms with Crippen LogP contribution in [0.1, 0.15) is 406 Å². The normalized spacial score (nSPS) is 11.9. The molecule has 0 aliphatic heterocycles. The van der Waals surface area contributed by atoms with E-state index in [1.807, 2.05) is 0 Å². The average Bonchev–Trinajstić information content (AvgIpc) is 3.41. The second-order valence-corrected chi connectivity index (χ2v) is 23.8. The number of ether oxygens (including phenoxy) is 3. The van der Waals surface area contributed by atoms with Crippen molar-refractivity contribution in [2.24, 2.45) is 0 Å². The maximum absolute atomic E-state index is 12.8. The van der Waals surface area contributed by atoms with Gasteiger partial charge in [0.1, 0.15) is 13.2 Å². The number of hydrogen-bond acceptors (Lipinski definition) is 6. The highest BCUT2D eigenvalue weighted by molar-refractivity contribution is 5.71. The number of rotatable bonds is 65. The number of unbranched alkanes of at least 4 members (excludes halogenated alkanes) is 54. The van der Waals surface area contributed by atoms with Gasteiger partial charge in [0.25, 0.3) is 0 Å². The van der Waals surface area contributed by atoms with Gasteiger partial charge in [0.15, 0.2) is 6.10 Å². The lowest BCUT2D eigenvalue weighted by atomic mass is 10.0. The van der Waals surface area contributed by atoms with Crippen LogP contribution in [0.15, 0.2) is 0 Å². The third kappa shape index (κ3) is 63.1. The summed E-state index contributed by atoms with van der Waals surface area (Å²) in [6.45, 7) is 6.70. The summed E-state index contributed by atoms with van der Waals surface area (Å²) in [5.74, 6) is -0.832. The van der Waals surface area contributed by atoms with Crippen LogP contribution in [-0.2, 0) is 28.6 Å². The minimum atomic E-state index is -0.761. The minimum Gasteiger partial charge on any atom is -0.462 e. The standard InChI is InChI=1S/C69H134O6/c1-4-7-10-13-16-19-22-24-25-26-27-28-29-30-31-32-33-34-35-36-37-38-39-40-41-42-43-44-46-47-50-53-56-59-62-68(71)74-65-66(64-73-67(70)61-58-55-52-49-21-18-15-12-9-6-3)75-69(72)63-60-57-54-51-48-45-23-20-17-14-11-8-5-2/h66H,4-65H2,1-3H3. The van der Waals surface area contributed by atoms with E-state index < -0.39 is 6.10 Å². The van der Waals surface area contributed by atoms with Crippen LogP contribution in [0, 0.1) is 0 Å². The third-order valence-corrected chi connectivity index (χ3v) is 16.1. The molecule has 0 heterocycles. The molecule has 1 atom stereocenters. The molecule has 0 aliphatic rings. The molecule has 0 aromatic heterocycles. The number of esters is 3. The monoisotopic (exact) mass is 1060 g/mol. The highest BCUT2D eigenvalue weighted by atomic mass is 16.6. The van der Waals surface area contributed by atoms with Gasteiger partial charge < -0.3 is 14.2 Å². The molecule has 75 heavy (non-hydrogen) atoms. The first-order valence-electron chi connectivity index (χ1n) is 34.5. The van der Waals surface area contributed by atoms with Gasteiger partial charge in [0.05, 0.1) is 0 Å². The molecule has 0 aromatic carbocycles. The lowest BCUT2D eigenvalue weighted by molar-refractivity contribution is -0.167. The average molecular weight is 1060 g/mol. The Labute approximate surface area is 469 Å². The highest BCUT2D eigenvalue weighted by Crippen LogP contribution is 2.19. The lowest BCUT2D eigenvalue weighted by Crippen LogP contribution is -2.30. The first kappa shape index (κ1) is 73.4. The van der Waals surface area contributed by atoms with Gasteiger partial charge in [-0.3, -0.25) is 14.4 Å². The van der Waals surface area contributed by atoms with Crippen molar-refractivity contribution in [1.29, 1.82) is 0 Å². The van der Waals surface area contributed by atoms with Gasteiger partial charge in [-0.2, -0.15) is 0 Å². The van der Waals surface area contributed by atoms with E-state index in [1.165, 1.54) is 308 Å². The first-order chi connectivity index (χ1) is 37.0. The predicted molar refractivity (Wildman–Crippen MR) is 326 cm³/mol. The van der Waals surface area contributed by atoms with E-state index in [0.717, 1.165) is 57.8 Å². The number of carbonyl (C=O) groups is 3. The molecule has 0 rings (SSSR count). The fourth-order valence-electron chi connectivity index (χ4n) is 10.9. The smallest absolute Gasteiger partial charge is 0.306 e. The van der Waals surface area contributed by atoms with Crippen LogP contribution in [0.5, 0.6) is 0 Å². The van der Waals surface area contributed by atoms with Crippen LogP contribution < -0.4 is 0 Å². The Balaban J connectivity index is 3.93. The summed E-state index contributed by atoms with van der Waals surface area (Å²) in [4.78, 5) is 38.1. The Morgan fingerprint density at radius 1 is 0.213 bits per heavy atom. The molecule has 0 aliphatic carbocycles. The van der Waals surface area contributed by atoms with Crippen molar-refractivity contribution in [3.05, 3.63) is 0 Å². The van der Waals surface area contributed by atoms with E-state index in [2.05, 4.69) is 20.8 Å². The summed E-state index contributed by atoms with van der Waals surface area (Å²) in [7, 11) is 0. The number of hydrogen-bond donors (Lipinski definition) is 0. The van der Waals surface area contributed by atoms with Crippen LogP contribution in [0.3, 0.4) is 0 Å². The zero-order valence-electron chi connectivity index (χ0n) is 51.4. The maximum atomic E-state index is 12.8. The molecular weight excluding hydrogens is 925 g/mol. The Kier molecular flexibility index (Phi) is 63.6. The molecule has 0 fully saturated rings. The summed E-state index contributed by atoms with van der Waals surface area (Å²) in [5, 5.41) is 0. The fraction of sp³-hybridized carbons (Fsp3) is 0.957. The van der Waals surface area contributed by atoms with Gasteiger partial charge in [0.2, 0.25) is 0 Å². The molecule has 1 unspecified atom stereocenters. The van der Waals surface area contributed by atoms with E-state index in [-0.39, 0.29) is 31.1 Å². The van der Waals surface area contributed by atoms with Gasteiger partial charge in [-0.15, -0.1) is 0 Å². The quantitative estimate of drug-likeness (QED) is 0.0343. The Morgan fingerprint density at radius 3 is 0.533 bits per heavy atom. The minimum absolute atomic E-state index is 0.0611. The Hall–Kier alpha value is -1.59. The van der Waals surface area contributed by atoms with Crippen molar-refractivity contribution in [1.82, 2.24) is 0 Å². The van der Waals surface area contributed by atoms with Crippen LogP contribution in [0.2, 0.25) is 0 Å². The molecule has 0 amide bonds. The van der Waals surface area contributed by atoms with Gasteiger partial charge in [-0.1, -0.05) is 367 Å². The van der Waals surface area contributed by atoms with E-state index in [0.29, 0.717) is 19.3 Å². The molecule has 6 heteroatoms. The first-order valence-corrected chi connectivity index (χ1v) is 34.5. The van der Waals surface area contributed by atoms with Crippen molar-refractivity contribution in [2.45, 2.75) is 412 Å². The van der Waals surface area contributed by atoms with E-state index in [9.17, 15) is 14.4 Å². The van der Waals surface area contributed by atoms with Crippen molar-refractivity contribution >= 4 is 17.9 Å². The Morgan fingerprint density at radius 2 is 0.360 bits per heavy atom. The van der Waals surface area contributed by atoms with Crippen LogP contribution in [-0.4, -0.2) is 37.2 Å². The molecule has 0 saturated carbocycles. The molecule has 0 aromatic rings. The summed E-state index contributed by atoms with van der Waals surface area (Å²) >= 11 is 0. The van der Waals surface area contributed by atoms with Crippen molar-refractivity contribution in [3.8, 4) is 0 Å². The molecule has 0 radical (unpaired) electrons. The maximum Gasteiger partial charge on any atom is 0.306 e.